The van der Waals surface area contributed by atoms with Crippen LogP contribution in [0.4, 0.5) is 0 Å². The number of hydrogen-bond acceptors (Lipinski definition) is 0. The van der Waals surface area contributed by atoms with Crippen LogP contribution in [0.5, 0.6) is 0 Å². The molecule has 2 aromatic rings. The van der Waals surface area contributed by atoms with Crippen LogP contribution in [0.1, 0.15) is 0 Å². The van der Waals surface area contributed by atoms with E-state index in [1.807, 2.05) is 24.4 Å². The Bertz CT molecular complexity index is 392. The van der Waals surface area contributed by atoms with Crippen molar-refractivity contribution in [1.29, 1.82) is 0 Å². The van der Waals surface area contributed by atoms with Crippen molar-refractivity contribution in [2.75, 3.05) is 0 Å². The molecule has 0 atom stereocenters. The molecule has 2 rings (SSSR count). The molecule has 56 valence electrons. The van der Waals surface area contributed by atoms with Crippen molar-refractivity contribution in [3.8, 4) is 0 Å². The first kappa shape index (κ1) is 7.37. The minimum absolute atomic E-state index is 1.10. The van der Waals surface area contributed by atoms with Gasteiger partial charge in [-0.15, -0.1) is 0 Å². The van der Waals surface area contributed by atoms with E-state index >= 15 is 0 Å². The Morgan fingerprint density at radius 2 is 1.91 bits per heavy atom. The Hall–Kier alpha value is -0.280. The third kappa shape index (κ3) is 1.12. The summed E-state index contributed by atoms with van der Waals surface area (Å²) in [5, 5.41) is 1.20. The molecule has 1 nitrogen and oxygen atoms in total. The summed E-state index contributed by atoms with van der Waals surface area (Å²) in [5.74, 6) is 0. The van der Waals surface area contributed by atoms with Crippen molar-refractivity contribution in [2.24, 2.45) is 0 Å². The molecule has 0 unspecified atom stereocenters. The largest absolute Gasteiger partial charge is 0.360 e. The molecule has 0 radical (unpaired) electrons. The number of benzene rings is 1. The van der Waals surface area contributed by atoms with Crippen LogP contribution in [0.2, 0.25) is 0 Å². The maximum atomic E-state index is 3.48. The van der Waals surface area contributed by atoms with Gasteiger partial charge in [-0.3, -0.25) is 0 Å². The standard InChI is InChI=1S/C8H5Br2N/c9-5-2-1-3-7-8(5)6(10)4-11-7/h1-4,11H. The fourth-order valence-corrected chi connectivity index (χ4v) is 2.49. The van der Waals surface area contributed by atoms with Gasteiger partial charge in [0, 0.05) is 26.0 Å². The molecule has 1 aromatic carbocycles. The normalized spacial score (nSPS) is 10.7. The number of fused-ring (bicyclic) bond motifs is 1. The summed E-state index contributed by atoms with van der Waals surface area (Å²) in [6.07, 6.45) is 1.94. The van der Waals surface area contributed by atoms with Gasteiger partial charge in [-0.05, 0) is 28.1 Å². The van der Waals surface area contributed by atoms with E-state index in [0.29, 0.717) is 0 Å². The lowest BCUT2D eigenvalue weighted by Crippen LogP contribution is -1.68. The topological polar surface area (TPSA) is 15.8 Å². The Balaban J connectivity index is 2.96. The molecule has 0 amide bonds. The summed E-state index contributed by atoms with van der Waals surface area (Å²) in [6.45, 7) is 0. The molecular weight excluding hydrogens is 270 g/mol. The zero-order chi connectivity index (χ0) is 7.84. The van der Waals surface area contributed by atoms with Crippen LogP contribution in [0.15, 0.2) is 33.3 Å². The zero-order valence-corrected chi connectivity index (χ0v) is 8.74. The van der Waals surface area contributed by atoms with Gasteiger partial charge in [0.25, 0.3) is 0 Å². The molecule has 1 aromatic heterocycles. The van der Waals surface area contributed by atoms with Crippen LogP contribution in [0.25, 0.3) is 10.9 Å². The van der Waals surface area contributed by atoms with Gasteiger partial charge in [0.2, 0.25) is 0 Å². The van der Waals surface area contributed by atoms with Crippen molar-refractivity contribution < 1.29 is 0 Å². The van der Waals surface area contributed by atoms with Gasteiger partial charge in [0.1, 0.15) is 0 Å². The van der Waals surface area contributed by atoms with E-state index in [0.717, 1.165) is 14.5 Å². The van der Waals surface area contributed by atoms with Crippen LogP contribution >= 0.6 is 31.9 Å². The molecule has 0 saturated carbocycles. The molecule has 0 aliphatic heterocycles. The van der Waals surface area contributed by atoms with Crippen LogP contribution in [0.3, 0.4) is 0 Å². The molecule has 0 aliphatic carbocycles. The van der Waals surface area contributed by atoms with Crippen LogP contribution < -0.4 is 0 Å². The van der Waals surface area contributed by atoms with Gasteiger partial charge in [-0.25, -0.2) is 0 Å². The molecule has 3 heteroatoms. The van der Waals surface area contributed by atoms with Crippen molar-refractivity contribution in [2.45, 2.75) is 0 Å². The number of aromatic amines is 1. The monoisotopic (exact) mass is 273 g/mol. The molecule has 0 saturated heterocycles. The number of aromatic nitrogens is 1. The maximum absolute atomic E-state index is 3.48. The van der Waals surface area contributed by atoms with Gasteiger partial charge in [0.15, 0.2) is 0 Å². The summed E-state index contributed by atoms with van der Waals surface area (Å²) >= 11 is 6.93. The fraction of sp³-hybridized carbons (Fsp3) is 0. The van der Waals surface area contributed by atoms with E-state index < -0.39 is 0 Å². The summed E-state index contributed by atoms with van der Waals surface area (Å²) in [6, 6.07) is 6.08. The lowest BCUT2D eigenvalue weighted by molar-refractivity contribution is 1.47. The van der Waals surface area contributed by atoms with Gasteiger partial charge in [-0.2, -0.15) is 0 Å². The minimum Gasteiger partial charge on any atom is -0.360 e. The van der Waals surface area contributed by atoms with Crippen LogP contribution in [0, 0.1) is 0 Å². The summed E-state index contributed by atoms with van der Waals surface area (Å²) in [4.78, 5) is 3.15. The molecule has 11 heavy (non-hydrogen) atoms. The van der Waals surface area contributed by atoms with E-state index in [-0.39, 0.29) is 0 Å². The second-order valence-electron chi connectivity index (χ2n) is 2.30. The number of halogens is 2. The Kier molecular flexibility index (Phi) is 1.77. The van der Waals surface area contributed by atoms with E-state index in [1.54, 1.807) is 0 Å². The van der Waals surface area contributed by atoms with E-state index in [4.69, 9.17) is 0 Å². The fourth-order valence-electron chi connectivity index (χ4n) is 1.10. The van der Waals surface area contributed by atoms with Gasteiger partial charge in [0.05, 0.1) is 0 Å². The first-order valence-corrected chi connectivity index (χ1v) is 4.79. The van der Waals surface area contributed by atoms with Crippen LogP contribution in [-0.4, -0.2) is 4.98 Å². The quantitative estimate of drug-likeness (QED) is 0.754. The maximum Gasteiger partial charge on any atom is 0.0477 e. The molecule has 1 N–H and O–H groups in total. The third-order valence-corrected chi connectivity index (χ3v) is 2.89. The third-order valence-electron chi connectivity index (χ3n) is 1.61. The highest BCUT2D eigenvalue weighted by molar-refractivity contribution is 9.11. The van der Waals surface area contributed by atoms with Gasteiger partial charge in [-0.1, -0.05) is 22.0 Å². The highest BCUT2D eigenvalue weighted by atomic mass is 79.9. The average Bonchev–Trinajstić information content (AvgIpc) is 2.34. The summed E-state index contributed by atoms with van der Waals surface area (Å²) < 4.78 is 2.21. The molecular formula is C8H5Br2N. The second kappa shape index (κ2) is 2.64. The molecule has 0 spiro atoms. The van der Waals surface area contributed by atoms with E-state index in [1.165, 1.54) is 5.39 Å². The van der Waals surface area contributed by atoms with Crippen molar-refractivity contribution in [3.63, 3.8) is 0 Å². The van der Waals surface area contributed by atoms with Crippen LogP contribution in [-0.2, 0) is 0 Å². The Morgan fingerprint density at radius 1 is 1.09 bits per heavy atom. The molecule has 0 fully saturated rings. The smallest absolute Gasteiger partial charge is 0.0477 e. The predicted octanol–water partition coefficient (Wildman–Crippen LogP) is 3.69. The zero-order valence-electron chi connectivity index (χ0n) is 5.57. The minimum atomic E-state index is 1.10. The number of hydrogen-bond donors (Lipinski definition) is 1. The Morgan fingerprint density at radius 3 is 2.64 bits per heavy atom. The van der Waals surface area contributed by atoms with Crippen molar-refractivity contribution in [3.05, 3.63) is 33.3 Å². The summed E-state index contributed by atoms with van der Waals surface area (Å²) in [7, 11) is 0. The average molecular weight is 275 g/mol. The molecule has 1 heterocycles. The van der Waals surface area contributed by atoms with Gasteiger partial charge < -0.3 is 4.98 Å². The number of rotatable bonds is 0. The predicted molar refractivity (Wildman–Crippen MR) is 53.7 cm³/mol. The second-order valence-corrected chi connectivity index (χ2v) is 4.01. The Labute approximate surface area is 81.1 Å². The lowest BCUT2D eigenvalue weighted by atomic mass is 10.3. The molecule has 0 bridgehead atoms. The van der Waals surface area contributed by atoms with Gasteiger partial charge >= 0.3 is 0 Å². The lowest BCUT2D eigenvalue weighted by Gasteiger charge is -1.92. The molecule has 0 aliphatic rings. The van der Waals surface area contributed by atoms with E-state index in [9.17, 15) is 0 Å². The SMILES string of the molecule is Brc1cccc2[nH]cc(Br)c12. The first-order chi connectivity index (χ1) is 5.29. The van der Waals surface area contributed by atoms with Crippen molar-refractivity contribution >= 4 is 42.8 Å². The highest BCUT2D eigenvalue weighted by Gasteiger charge is 2.02. The van der Waals surface area contributed by atoms with Crippen molar-refractivity contribution in [1.82, 2.24) is 4.98 Å². The highest BCUT2D eigenvalue weighted by Crippen LogP contribution is 2.29. The first-order valence-electron chi connectivity index (χ1n) is 3.20. The van der Waals surface area contributed by atoms with E-state index in [2.05, 4.69) is 36.8 Å². The number of nitrogens with one attached hydrogen (secondary N) is 1. The summed E-state index contributed by atoms with van der Waals surface area (Å²) in [5.41, 5.74) is 1.14. The number of H-pyrrole nitrogens is 1.